The molecule has 1 aromatic heterocycles. The highest BCUT2D eigenvalue weighted by atomic mass is 19.1. The van der Waals surface area contributed by atoms with Gasteiger partial charge in [0.15, 0.2) is 0 Å². The lowest BCUT2D eigenvalue weighted by molar-refractivity contribution is -0.120. The quantitative estimate of drug-likeness (QED) is 0.907. The predicted octanol–water partition coefficient (Wildman–Crippen LogP) is 3.31. The number of nitrogens with one attached hydrogen (secondary N) is 1. The van der Waals surface area contributed by atoms with E-state index in [1.807, 2.05) is 24.3 Å². The van der Waals surface area contributed by atoms with E-state index in [4.69, 9.17) is 0 Å². The predicted molar refractivity (Wildman–Crippen MR) is 95.2 cm³/mol. The van der Waals surface area contributed by atoms with E-state index in [9.17, 15) is 9.18 Å². The molecule has 0 radical (unpaired) electrons. The number of halogens is 1. The number of pyridine rings is 1. The summed E-state index contributed by atoms with van der Waals surface area (Å²) >= 11 is 0. The van der Waals surface area contributed by atoms with Crippen molar-refractivity contribution in [2.45, 2.75) is 32.4 Å². The molecule has 5 heteroatoms. The van der Waals surface area contributed by atoms with Gasteiger partial charge >= 0.3 is 0 Å². The molecule has 2 heterocycles. The van der Waals surface area contributed by atoms with Gasteiger partial charge in [-0.3, -0.25) is 14.7 Å². The maximum Gasteiger partial charge on any atom is 0.217 e. The van der Waals surface area contributed by atoms with E-state index in [1.54, 1.807) is 25.3 Å². The van der Waals surface area contributed by atoms with Crippen LogP contribution in [0, 0.1) is 11.7 Å². The van der Waals surface area contributed by atoms with Gasteiger partial charge in [0, 0.05) is 19.7 Å². The van der Waals surface area contributed by atoms with Gasteiger partial charge in [-0.2, -0.15) is 0 Å². The largest absolute Gasteiger partial charge is 0.348 e. The summed E-state index contributed by atoms with van der Waals surface area (Å²) in [6.07, 6.45) is 3.73. The molecule has 1 aliphatic rings. The lowest BCUT2D eigenvalue weighted by Gasteiger charge is -2.36. The van der Waals surface area contributed by atoms with Crippen LogP contribution in [0.4, 0.5) is 4.39 Å². The van der Waals surface area contributed by atoms with Crippen molar-refractivity contribution in [3.05, 3.63) is 65.7 Å². The summed E-state index contributed by atoms with van der Waals surface area (Å²) in [7, 11) is 0. The molecule has 1 fully saturated rings. The first-order chi connectivity index (χ1) is 12.1. The molecule has 1 aliphatic heterocycles. The number of amides is 1. The van der Waals surface area contributed by atoms with Gasteiger partial charge in [-0.05, 0) is 61.7 Å². The van der Waals surface area contributed by atoms with Crippen molar-refractivity contribution in [2.24, 2.45) is 5.92 Å². The molecule has 25 heavy (non-hydrogen) atoms. The minimum Gasteiger partial charge on any atom is -0.348 e. The van der Waals surface area contributed by atoms with Gasteiger partial charge in [0.2, 0.25) is 5.91 Å². The second-order valence-corrected chi connectivity index (χ2v) is 6.68. The molecule has 2 aromatic rings. The molecule has 0 bridgehead atoms. The molecule has 1 saturated heterocycles. The fourth-order valence-electron chi connectivity index (χ4n) is 3.55. The zero-order valence-corrected chi connectivity index (χ0v) is 14.5. The van der Waals surface area contributed by atoms with Gasteiger partial charge in [0.05, 0.1) is 11.7 Å². The number of aromatic nitrogens is 1. The van der Waals surface area contributed by atoms with Crippen LogP contribution in [0.1, 0.15) is 37.1 Å². The van der Waals surface area contributed by atoms with Crippen LogP contribution in [0.15, 0.2) is 48.7 Å². The molecule has 3 rings (SSSR count). The number of nitrogens with zero attached hydrogens (tertiary/aromatic N) is 2. The number of likely N-dealkylation sites (tertiary alicyclic amines) is 1. The third-order valence-corrected chi connectivity index (χ3v) is 4.76. The highest BCUT2D eigenvalue weighted by Crippen LogP contribution is 2.30. The number of hydrogen-bond acceptors (Lipinski definition) is 3. The van der Waals surface area contributed by atoms with E-state index in [-0.39, 0.29) is 17.8 Å². The molecule has 0 aliphatic carbocycles. The zero-order chi connectivity index (χ0) is 17.6. The van der Waals surface area contributed by atoms with Gasteiger partial charge in [-0.1, -0.05) is 18.2 Å². The Morgan fingerprint density at radius 3 is 2.72 bits per heavy atom. The fourth-order valence-corrected chi connectivity index (χ4v) is 3.55. The van der Waals surface area contributed by atoms with E-state index in [0.29, 0.717) is 5.92 Å². The van der Waals surface area contributed by atoms with Crippen molar-refractivity contribution >= 4 is 5.91 Å². The standard InChI is InChI=1S/C20H24FN3O/c1-15(25)23-20(19-7-2-3-10-22-19)17-8-11-24(12-9-17)14-16-5-4-6-18(21)13-16/h2-7,10,13,17,20H,8-9,11-12,14H2,1H3,(H,23,25)/t20-/m1/s1. The summed E-state index contributed by atoms with van der Waals surface area (Å²) in [5.74, 6) is 0.147. The second kappa shape index (κ2) is 8.21. The average Bonchev–Trinajstić information content (AvgIpc) is 2.61. The average molecular weight is 341 g/mol. The Balaban J connectivity index is 1.62. The minimum atomic E-state index is -0.187. The molecule has 0 spiro atoms. The van der Waals surface area contributed by atoms with Crippen LogP contribution in [0.25, 0.3) is 0 Å². The van der Waals surface area contributed by atoms with Crippen molar-refractivity contribution < 1.29 is 9.18 Å². The lowest BCUT2D eigenvalue weighted by Crippen LogP contribution is -2.40. The molecule has 0 unspecified atom stereocenters. The topological polar surface area (TPSA) is 45.2 Å². The highest BCUT2D eigenvalue weighted by molar-refractivity contribution is 5.73. The van der Waals surface area contributed by atoms with Crippen molar-refractivity contribution in [3.8, 4) is 0 Å². The number of benzene rings is 1. The van der Waals surface area contributed by atoms with Gasteiger partial charge in [0.25, 0.3) is 0 Å². The third-order valence-electron chi connectivity index (χ3n) is 4.76. The summed E-state index contributed by atoms with van der Waals surface area (Å²) < 4.78 is 13.3. The molecular weight excluding hydrogens is 317 g/mol. The number of carbonyl (C=O) groups excluding carboxylic acids is 1. The van der Waals surface area contributed by atoms with E-state index in [2.05, 4.69) is 15.2 Å². The van der Waals surface area contributed by atoms with Crippen molar-refractivity contribution in [1.29, 1.82) is 0 Å². The molecule has 1 amide bonds. The monoisotopic (exact) mass is 341 g/mol. The normalized spacial score (nSPS) is 17.2. The van der Waals surface area contributed by atoms with Gasteiger partial charge < -0.3 is 5.32 Å². The van der Waals surface area contributed by atoms with Crippen LogP contribution in [0.2, 0.25) is 0 Å². The Kier molecular flexibility index (Phi) is 5.76. The molecule has 1 aromatic carbocycles. The van der Waals surface area contributed by atoms with E-state index in [0.717, 1.165) is 43.7 Å². The van der Waals surface area contributed by atoms with E-state index in [1.165, 1.54) is 6.07 Å². The molecule has 4 nitrogen and oxygen atoms in total. The number of carbonyl (C=O) groups is 1. The van der Waals surface area contributed by atoms with Crippen LogP contribution in [0.5, 0.6) is 0 Å². The Bertz CT molecular complexity index is 699. The summed E-state index contributed by atoms with van der Waals surface area (Å²) in [6, 6.07) is 12.6. The van der Waals surface area contributed by atoms with Crippen LogP contribution >= 0.6 is 0 Å². The van der Waals surface area contributed by atoms with E-state index < -0.39 is 0 Å². The molecule has 1 atom stereocenters. The van der Waals surface area contributed by atoms with Crippen molar-refractivity contribution in [2.75, 3.05) is 13.1 Å². The maximum atomic E-state index is 13.3. The maximum absolute atomic E-state index is 13.3. The summed E-state index contributed by atoms with van der Waals surface area (Å²) in [5, 5.41) is 3.07. The Morgan fingerprint density at radius 1 is 1.28 bits per heavy atom. The van der Waals surface area contributed by atoms with Crippen LogP contribution in [-0.2, 0) is 11.3 Å². The molecule has 1 N–H and O–H groups in total. The summed E-state index contributed by atoms with van der Waals surface area (Å²) in [4.78, 5) is 18.4. The van der Waals surface area contributed by atoms with Crippen molar-refractivity contribution in [3.63, 3.8) is 0 Å². The Morgan fingerprint density at radius 2 is 2.08 bits per heavy atom. The Hall–Kier alpha value is -2.27. The minimum absolute atomic E-state index is 0.0298. The highest BCUT2D eigenvalue weighted by Gasteiger charge is 2.29. The van der Waals surface area contributed by atoms with Crippen LogP contribution < -0.4 is 5.32 Å². The van der Waals surface area contributed by atoms with Gasteiger partial charge in [-0.25, -0.2) is 4.39 Å². The summed E-state index contributed by atoms with van der Waals surface area (Å²) in [6.45, 7) is 4.18. The number of piperidine rings is 1. The van der Waals surface area contributed by atoms with Gasteiger partial charge in [-0.15, -0.1) is 0 Å². The lowest BCUT2D eigenvalue weighted by atomic mass is 9.87. The smallest absolute Gasteiger partial charge is 0.217 e. The first kappa shape index (κ1) is 17.5. The van der Waals surface area contributed by atoms with Crippen molar-refractivity contribution in [1.82, 2.24) is 15.2 Å². The van der Waals surface area contributed by atoms with Crippen LogP contribution in [0.3, 0.4) is 0 Å². The van der Waals surface area contributed by atoms with Crippen LogP contribution in [-0.4, -0.2) is 28.9 Å². The SMILES string of the molecule is CC(=O)N[C@@H](c1ccccn1)C1CCN(Cc2cccc(F)c2)CC1. The Labute approximate surface area is 148 Å². The molecular formula is C20H24FN3O. The van der Waals surface area contributed by atoms with Gasteiger partial charge in [0.1, 0.15) is 5.82 Å². The fraction of sp³-hybridized carbons (Fsp3) is 0.400. The zero-order valence-electron chi connectivity index (χ0n) is 14.5. The van der Waals surface area contributed by atoms with E-state index >= 15 is 0 Å². The first-order valence-corrected chi connectivity index (χ1v) is 8.76. The molecule has 0 saturated carbocycles. The third kappa shape index (κ3) is 4.86. The summed E-state index contributed by atoms with van der Waals surface area (Å²) in [5.41, 5.74) is 1.92. The molecule has 132 valence electrons. The second-order valence-electron chi connectivity index (χ2n) is 6.68. The number of hydrogen-bond donors (Lipinski definition) is 1. The number of rotatable bonds is 5. The first-order valence-electron chi connectivity index (χ1n) is 8.76.